The van der Waals surface area contributed by atoms with Crippen LogP contribution in [0.4, 0.5) is 0 Å². The SMILES string of the molecule is CC(C)(CCN=C=O)CC(C)(C)COC#N. The van der Waals surface area contributed by atoms with Crippen molar-refractivity contribution in [3.63, 3.8) is 0 Å². The van der Waals surface area contributed by atoms with Crippen LogP contribution in [0.3, 0.4) is 0 Å². The number of hydrogen-bond acceptors (Lipinski definition) is 4. The number of carbonyl (C=O) groups excluding carboxylic acids is 1. The minimum Gasteiger partial charge on any atom is -0.427 e. The Hall–Kier alpha value is -1.33. The fraction of sp³-hybridized carbons (Fsp3) is 0.833. The van der Waals surface area contributed by atoms with Crippen molar-refractivity contribution < 1.29 is 9.53 Å². The smallest absolute Gasteiger partial charge is 0.286 e. The number of ether oxygens (including phenoxy) is 1. The van der Waals surface area contributed by atoms with E-state index >= 15 is 0 Å². The zero-order valence-electron chi connectivity index (χ0n) is 10.5. The van der Waals surface area contributed by atoms with Crippen LogP contribution in [0.1, 0.15) is 40.5 Å². The van der Waals surface area contributed by atoms with Crippen LogP contribution < -0.4 is 0 Å². The summed E-state index contributed by atoms with van der Waals surface area (Å²) < 4.78 is 4.79. The third-order valence-corrected chi connectivity index (χ3v) is 2.45. The summed E-state index contributed by atoms with van der Waals surface area (Å²) in [7, 11) is 0. The highest BCUT2D eigenvalue weighted by molar-refractivity contribution is 5.32. The lowest BCUT2D eigenvalue weighted by atomic mass is 9.74. The second-order valence-electron chi connectivity index (χ2n) is 5.61. The van der Waals surface area contributed by atoms with Crippen LogP contribution >= 0.6 is 0 Å². The van der Waals surface area contributed by atoms with Gasteiger partial charge in [-0.05, 0) is 18.3 Å². The lowest BCUT2D eigenvalue weighted by Crippen LogP contribution is -2.27. The number of nitriles is 1. The molecule has 0 aliphatic heterocycles. The van der Waals surface area contributed by atoms with E-state index in [-0.39, 0.29) is 10.8 Å². The molecule has 4 nitrogen and oxygen atoms in total. The van der Waals surface area contributed by atoms with Crippen LogP contribution in [-0.2, 0) is 9.53 Å². The maximum absolute atomic E-state index is 9.97. The first-order valence-electron chi connectivity index (χ1n) is 5.37. The quantitative estimate of drug-likeness (QED) is 0.379. The monoisotopic (exact) mass is 224 g/mol. The van der Waals surface area contributed by atoms with Gasteiger partial charge in [0.2, 0.25) is 6.08 Å². The minimum absolute atomic E-state index is 0.0515. The van der Waals surface area contributed by atoms with Gasteiger partial charge in [-0.3, -0.25) is 0 Å². The summed E-state index contributed by atoms with van der Waals surface area (Å²) in [6, 6.07) is 0. The van der Waals surface area contributed by atoms with Crippen LogP contribution in [0.2, 0.25) is 0 Å². The molecule has 0 aliphatic carbocycles. The molecule has 0 bridgehead atoms. The fourth-order valence-corrected chi connectivity index (χ4v) is 2.07. The molecule has 0 unspecified atom stereocenters. The topological polar surface area (TPSA) is 62.4 Å². The van der Waals surface area contributed by atoms with Gasteiger partial charge in [0.15, 0.2) is 0 Å². The summed E-state index contributed by atoms with van der Waals surface area (Å²) >= 11 is 0. The zero-order valence-corrected chi connectivity index (χ0v) is 10.5. The summed E-state index contributed by atoms with van der Waals surface area (Å²) in [5, 5.41) is 8.37. The molecule has 0 aliphatic rings. The van der Waals surface area contributed by atoms with E-state index in [2.05, 4.69) is 32.7 Å². The zero-order chi connectivity index (χ0) is 12.7. The highest BCUT2D eigenvalue weighted by Gasteiger charge is 2.29. The molecule has 0 N–H and O–H groups in total. The predicted octanol–water partition coefficient (Wildman–Crippen LogP) is 2.65. The lowest BCUT2D eigenvalue weighted by molar-refractivity contribution is 0.0954. The van der Waals surface area contributed by atoms with Gasteiger partial charge in [-0.1, -0.05) is 27.7 Å². The number of hydrogen-bond donors (Lipinski definition) is 0. The summed E-state index contributed by atoms with van der Waals surface area (Å²) in [6.45, 7) is 9.31. The lowest BCUT2D eigenvalue weighted by Gasteiger charge is -2.33. The fourth-order valence-electron chi connectivity index (χ4n) is 2.07. The highest BCUT2D eigenvalue weighted by Crippen LogP contribution is 2.36. The molecule has 0 rings (SSSR count). The van der Waals surface area contributed by atoms with Crippen LogP contribution in [0.15, 0.2) is 4.99 Å². The van der Waals surface area contributed by atoms with Gasteiger partial charge in [0.25, 0.3) is 6.26 Å². The molecule has 0 atom stereocenters. The third kappa shape index (κ3) is 7.03. The van der Waals surface area contributed by atoms with Crippen molar-refractivity contribution in [2.45, 2.75) is 40.5 Å². The van der Waals surface area contributed by atoms with Crippen molar-refractivity contribution in [2.75, 3.05) is 13.2 Å². The van der Waals surface area contributed by atoms with Gasteiger partial charge in [0.1, 0.15) is 6.61 Å². The van der Waals surface area contributed by atoms with E-state index in [9.17, 15) is 4.79 Å². The van der Waals surface area contributed by atoms with E-state index in [1.54, 1.807) is 12.3 Å². The largest absolute Gasteiger partial charge is 0.427 e. The Morgan fingerprint density at radius 3 is 2.38 bits per heavy atom. The van der Waals surface area contributed by atoms with Crippen molar-refractivity contribution in [3.8, 4) is 6.26 Å². The average molecular weight is 224 g/mol. The second-order valence-corrected chi connectivity index (χ2v) is 5.61. The standard InChI is InChI=1S/C12H20N2O2/c1-11(2,5-6-14-10-15)7-12(3,4)8-16-9-13/h5-8H2,1-4H3. The molecule has 0 aromatic heterocycles. The van der Waals surface area contributed by atoms with Gasteiger partial charge in [0, 0.05) is 5.41 Å². The van der Waals surface area contributed by atoms with Gasteiger partial charge in [0.05, 0.1) is 6.54 Å². The molecule has 0 heterocycles. The van der Waals surface area contributed by atoms with Crippen LogP contribution in [0.5, 0.6) is 0 Å². The minimum atomic E-state index is -0.0515. The van der Waals surface area contributed by atoms with Crippen molar-refractivity contribution in [3.05, 3.63) is 0 Å². The van der Waals surface area contributed by atoms with E-state index in [0.29, 0.717) is 13.2 Å². The van der Waals surface area contributed by atoms with Gasteiger partial charge in [-0.15, -0.1) is 0 Å². The first-order chi connectivity index (χ1) is 7.33. The Kier molecular flexibility index (Phi) is 5.77. The van der Waals surface area contributed by atoms with Crippen molar-refractivity contribution >= 4 is 6.08 Å². The molecule has 0 aromatic carbocycles. The third-order valence-electron chi connectivity index (χ3n) is 2.45. The highest BCUT2D eigenvalue weighted by atomic mass is 16.5. The summed E-state index contributed by atoms with van der Waals surface area (Å²) in [6.07, 6.45) is 4.98. The van der Waals surface area contributed by atoms with Gasteiger partial charge >= 0.3 is 0 Å². The Balaban J connectivity index is 4.21. The Labute approximate surface area is 97.3 Å². The molecule has 0 saturated carbocycles. The van der Waals surface area contributed by atoms with E-state index in [4.69, 9.17) is 10.00 Å². The molecule has 16 heavy (non-hydrogen) atoms. The van der Waals surface area contributed by atoms with E-state index in [1.165, 1.54) is 0 Å². The van der Waals surface area contributed by atoms with E-state index < -0.39 is 0 Å². The Bertz CT molecular complexity index is 297. The van der Waals surface area contributed by atoms with Crippen molar-refractivity contribution in [1.82, 2.24) is 0 Å². The number of rotatable bonds is 7. The Morgan fingerprint density at radius 1 is 1.25 bits per heavy atom. The molecular formula is C12H20N2O2. The number of nitrogens with zero attached hydrogens (tertiary/aromatic N) is 2. The van der Waals surface area contributed by atoms with Crippen LogP contribution in [-0.4, -0.2) is 19.2 Å². The molecule has 0 spiro atoms. The van der Waals surface area contributed by atoms with Crippen LogP contribution in [0.25, 0.3) is 0 Å². The first-order valence-corrected chi connectivity index (χ1v) is 5.37. The predicted molar refractivity (Wildman–Crippen MR) is 61.3 cm³/mol. The van der Waals surface area contributed by atoms with Crippen LogP contribution in [0, 0.1) is 22.3 Å². The molecule has 0 radical (unpaired) electrons. The number of isocyanates is 1. The molecule has 0 aromatic rings. The summed E-state index contributed by atoms with van der Waals surface area (Å²) in [4.78, 5) is 13.5. The summed E-state index contributed by atoms with van der Waals surface area (Å²) in [5.74, 6) is 0. The van der Waals surface area contributed by atoms with E-state index in [0.717, 1.165) is 12.8 Å². The van der Waals surface area contributed by atoms with E-state index in [1.807, 2.05) is 0 Å². The Morgan fingerprint density at radius 2 is 1.88 bits per heavy atom. The molecule has 0 saturated heterocycles. The van der Waals surface area contributed by atoms with Crippen molar-refractivity contribution in [2.24, 2.45) is 15.8 Å². The van der Waals surface area contributed by atoms with Gasteiger partial charge < -0.3 is 4.74 Å². The van der Waals surface area contributed by atoms with Gasteiger partial charge in [-0.2, -0.15) is 5.26 Å². The first kappa shape index (κ1) is 14.7. The molecular weight excluding hydrogens is 204 g/mol. The van der Waals surface area contributed by atoms with Gasteiger partial charge in [-0.25, -0.2) is 9.79 Å². The number of aliphatic imine (C=N–C) groups is 1. The maximum atomic E-state index is 9.97. The normalized spacial score (nSPS) is 11.4. The molecule has 0 amide bonds. The molecule has 90 valence electrons. The average Bonchev–Trinajstić information content (AvgIpc) is 2.13. The maximum Gasteiger partial charge on any atom is 0.286 e. The summed E-state index contributed by atoms with van der Waals surface area (Å²) in [5.41, 5.74) is 0.0206. The molecule has 4 heteroatoms. The molecule has 0 fully saturated rings. The second kappa shape index (κ2) is 6.30. The van der Waals surface area contributed by atoms with Crippen molar-refractivity contribution in [1.29, 1.82) is 5.26 Å².